The fourth-order valence-electron chi connectivity index (χ4n) is 2.66. The highest BCUT2D eigenvalue weighted by Crippen LogP contribution is 2.19. The number of benzene rings is 3. The summed E-state index contributed by atoms with van der Waals surface area (Å²) in [6.45, 7) is 1.68. The van der Waals surface area contributed by atoms with Gasteiger partial charge in [0.2, 0.25) is 0 Å². The summed E-state index contributed by atoms with van der Waals surface area (Å²) < 4.78 is 0. The molecule has 26 heavy (non-hydrogen) atoms. The number of carboxylic acid groups (broad SMARTS) is 1. The largest absolute Gasteiger partial charge is 0.478 e. The standard InChI is InChI=1S/C20H16N2O3S/c1-12-16(19(24)25)7-4-8-17(12)21-20(26)22-18(23)15-10-9-13-5-2-3-6-14(13)11-15/h2-11H,1H3,(H,24,25)(H2,21,22,23,26). The minimum absolute atomic E-state index is 0.105. The normalized spacial score (nSPS) is 10.3. The maximum atomic E-state index is 12.4. The molecule has 3 aromatic carbocycles. The first kappa shape index (κ1) is 17.6. The second kappa shape index (κ2) is 7.33. The monoisotopic (exact) mass is 364 g/mol. The van der Waals surface area contributed by atoms with Crippen LogP contribution in [0.2, 0.25) is 0 Å². The number of carboxylic acids is 1. The van der Waals surface area contributed by atoms with Crippen LogP contribution in [0.3, 0.4) is 0 Å². The van der Waals surface area contributed by atoms with Gasteiger partial charge >= 0.3 is 5.97 Å². The average molecular weight is 364 g/mol. The van der Waals surface area contributed by atoms with Crippen molar-refractivity contribution < 1.29 is 14.7 Å². The first-order valence-corrected chi connectivity index (χ1v) is 8.30. The van der Waals surface area contributed by atoms with Crippen molar-refractivity contribution in [1.29, 1.82) is 0 Å². The first-order chi connectivity index (χ1) is 12.5. The summed E-state index contributed by atoms with van der Waals surface area (Å²) in [4.78, 5) is 23.6. The highest BCUT2D eigenvalue weighted by molar-refractivity contribution is 7.80. The number of nitrogens with one attached hydrogen (secondary N) is 2. The Morgan fingerprint density at radius 1 is 0.962 bits per heavy atom. The van der Waals surface area contributed by atoms with Crippen molar-refractivity contribution in [2.75, 3.05) is 5.32 Å². The maximum absolute atomic E-state index is 12.4. The van der Waals surface area contributed by atoms with Crippen molar-refractivity contribution in [3.63, 3.8) is 0 Å². The quantitative estimate of drug-likeness (QED) is 0.613. The highest BCUT2D eigenvalue weighted by atomic mass is 32.1. The van der Waals surface area contributed by atoms with Gasteiger partial charge in [-0.1, -0.05) is 36.4 Å². The molecule has 1 amide bonds. The molecule has 0 heterocycles. The Morgan fingerprint density at radius 3 is 2.42 bits per heavy atom. The Morgan fingerprint density at radius 2 is 1.69 bits per heavy atom. The molecule has 0 aliphatic heterocycles. The molecule has 0 atom stereocenters. The van der Waals surface area contributed by atoms with Gasteiger partial charge in [0.05, 0.1) is 5.56 Å². The lowest BCUT2D eigenvalue weighted by atomic mass is 10.1. The van der Waals surface area contributed by atoms with Crippen LogP contribution in [0.1, 0.15) is 26.3 Å². The zero-order valence-corrected chi connectivity index (χ0v) is 14.8. The Kier molecular flexibility index (Phi) is 4.95. The second-order valence-electron chi connectivity index (χ2n) is 5.75. The molecule has 5 nitrogen and oxygen atoms in total. The van der Waals surface area contributed by atoms with Gasteiger partial charge in [-0.05, 0) is 59.7 Å². The van der Waals surface area contributed by atoms with E-state index in [1.54, 1.807) is 31.2 Å². The third-order valence-electron chi connectivity index (χ3n) is 4.05. The summed E-state index contributed by atoms with van der Waals surface area (Å²) in [6, 6.07) is 18.0. The Bertz CT molecular complexity index is 1030. The van der Waals surface area contributed by atoms with Gasteiger partial charge in [0.25, 0.3) is 5.91 Å². The Balaban J connectivity index is 1.74. The molecule has 0 aliphatic carbocycles. The predicted molar refractivity (Wildman–Crippen MR) is 106 cm³/mol. The molecule has 0 aromatic heterocycles. The van der Waals surface area contributed by atoms with E-state index in [2.05, 4.69) is 10.6 Å². The van der Waals surface area contributed by atoms with Gasteiger partial charge in [0, 0.05) is 11.3 Å². The van der Waals surface area contributed by atoms with Crippen molar-refractivity contribution in [2.24, 2.45) is 0 Å². The Hall–Kier alpha value is -3.25. The van der Waals surface area contributed by atoms with Crippen LogP contribution in [0.4, 0.5) is 5.69 Å². The van der Waals surface area contributed by atoms with Crippen LogP contribution >= 0.6 is 12.2 Å². The molecular weight excluding hydrogens is 348 g/mol. The molecule has 0 spiro atoms. The van der Waals surface area contributed by atoms with Crippen molar-refractivity contribution in [1.82, 2.24) is 5.32 Å². The first-order valence-electron chi connectivity index (χ1n) is 7.90. The molecule has 3 rings (SSSR count). The number of amides is 1. The number of hydrogen-bond donors (Lipinski definition) is 3. The summed E-state index contributed by atoms with van der Waals surface area (Å²) in [5, 5.41) is 16.8. The van der Waals surface area contributed by atoms with Gasteiger partial charge < -0.3 is 10.4 Å². The SMILES string of the molecule is Cc1c(NC(=S)NC(=O)c2ccc3ccccc3c2)cccc1C(=O)O. The molecular formula is C20H16N2O3S. The van der Waals surface area contributed by atoms with E-state index < -0.39 is 5.97 Å². The lowest BCUT2D eigenvalue weighted by Gasteiger charge is -2.13. The van der Waals surface area contributed by atoms with E-state index in [-0.39, 0.29) is 16.6 Å². The second-order valence-corrected chi connectivity index (χ2v) is 6.16. The van der Waals surface area contributed by atoms with E-state index in [9.17, 15) is 14.7 Å². The van der Waals surface area contributed by atoms with Crippen molar-refractivity contribution in [3.8, 4) is 0 Å². The number of fused-ring (bicyclic) bond motifs is 1. The molecule has 0 bridgehead atoms. The van der Waals surface area contributed by atoms with Crippen LogP contribution in [0.15, 0.2) is 60.7 Å². The van der Waals surface area contributed by atoms with Gasteiger partial charge in [-0.25, -0.2) is 4.79 Å². The van der Waals surface area contributed by atoms with E-state index in [1.807, 2.05) is 30.3 Å². The highest BCUT2D eigenvalue weighted by Gasteiger charge is 2.13. The molecule has 3 N–H and O–H groups in total. The zero-order valence-electron chi connectivity index (χ0n) is 13.9. The average Bonchev–Trinajstić information content (AvgIpc) is 2.62. The fraction of sp³-hybridized carbons (Fsp3) is 0.0500. The van der Waals surface area contributed by atoms with E-state index in [1.165, 1.54) is 6.07 Å². The van der Waals surface area contributed by atoms with Crippen LogP contribution in [0.25, 0.3) is 10.8 Å². The fourth-order valence-corrected chi connectivity index (χ4v) is 2.86. The summed E-state index contributed by atoms with van der Waals surface area (Å²) in [7, 11) is 0. The number of anilines is 1. The maximum Gasteiger partial charge on any atom is 0.336 e. The summed E-state index contributed by atoms with van der Waals surface area (Å²) >= 11 is 5.19. The van der Waals surface area contributed by atoms with Crippen molar-refractivity contribution >= 4 is 45.7 Å². The Labute approximate surface area is 155 Å². The number of aromatic carboxylic acids is 1. The third-order valence-corrected chi connectivity index (χ3v) is 4.26. The molecule has 6 heteroatoms. The van der Waals surface area contributed by atoms with Crippen LogP contribution in [-0.2, 0) is 0 Å². The van der Waals surface area contributed by atoms with Gasteiger partial charge in [-0.3, -0.25) is 10.1 Å². The van der Waals surface area contributed by atoms with Crippen molar-refractivity contribution in [3.05, 3.63) is 77.4 Å². The van der Waals surface area contributed by atoms with Gasteiger partial charge in [0.1, 0.15) is 0 Å². The molecule has 0 fully saturated rings. The number of carbonyl (C=O) groups excluding carboxylic acids is 1. The summed E-state index contributed by atoms with van der Waals surface area (Å²) in [5.74, 6) is -1.35. The van der Waals surface area contributed by atoms with Crippen LogP contribution in [-0.4, -0.2) is 22.1 Å². The molecule has 0 saturated heterocycles. The van der Waals surface area contributed by atoms with Crippen LogP contribution < -0.4 is 10.6 Å². The number of rotatable bonds is 3. The van der Waals surface area contributed by atoms with E-state index in [0.717, 1.165) is 10.8 Å². The minimum Gasteiger partial charge on any atom is -0.478 e. The van der Waals surface area contributed by atoms with Crippen LogP contribution in [0.5, 0.6) is 0 Å². The smallest absolute Gasteiger partial charge is 0.336 e. The van der Waals surface area contributed by atoms with Crippen LogP contribution in [0, 0.1) is 6.92 Å². The van der Waals surface area contributed by atoms with E-state index in [0.29, 0.717) is 16.8 Å². The lowest BCUT2D eigenvalue weighted by Crippen LogP contribution is -2.34. The van der Waals surface area contributed by atoms with Gasteiger partial charge in [0.15, 0.2) is 5.11 Å². The van der Waals surface area contributed by atoms with Gasteiger partial charge in [-0.2, -0.15) is 0 Å². The van der Waals surface area contributed by atoms with E-state index >= 15 is 0 Å². The zero-order chi connectivity index (χ0) is 18.7. The molecule has 0 aliphatic rings. The van der Waals surface area contributed by atoms with E-state index in [4.69, 9.17) is 12.2 Å². The molecule has 0 radical (unpaired) electrons. The topological polar surface area (TPSA) is 78.4 Å². The van der Waals surface area contributed by atoms with Crippen molar-refractivity contribution in [2.45, 2.75) is 6.92 Å². The molecule has 0 saturated carbocycles. The summed E-state index contributed by atoms with van der Waals surface area (Å²) in [6.07, 6.45) is 0. The van der Waals surface area contributed by atoms with Gasteiger partial charge in [-0.15, -0.1) is 0 Å². The lowest BCUT2D eigenvalue weighted by molar-refractivity contribution is 0.0696. The number of hydrogen-bond acceptors (Lipinski definition) is 3. The third kappa shape index (κ3) is 3.70. The molecule has 130 valence electrons. The summed E-state index contributed by atoms with van der Waals surface area (Å²) in [5.41, 5.74) is 1.75. The number of thiocarbonyl (C=S) groups is 1. The predicted octanol–water partition coefficient (Wildman–Crippen LogP) is 3.97. The molecule has 3 aromatic rings. The molecule has 0 unspecified atom stereocenters. The number of carbonyl (C=O) groups is 2. The minimum atomic E-state index is -1.02.